The summed E-state index contributed by atoms with van der Waals surface area (Å²) >= 11 is 0. The second-order valence-electron chi connectivity index (χ2n) is 5.97. The molecule has 0 aliphatic heterocycles. The summed E-state index contributed by atoms with van der Waals surface area (Å²) in [5.41, 5.74) is 2.63. The number of hydrogen-bond acceptors (Lipinski definition) is 4. The van der Waals surface area contributed by atoms with Crippen molar-refractivity contribution >= 4 is 17.6 Å². The van der Waals surface area contributed by atoms with Crippen molar-refractivity contribution in [3.8, 4) is 5.69 Å². The fourth-order valence-corrected chi connectivity index (χ4v) is 2.73. The lowest BCUT2D eigenvalue weighted by Gasteiger charge is -2.01. The molecule has 0 spiro atoms. The van der Waals surface area contributed by atoms with Gasteiger partial charge in [-0.3, -0.25) is 9.20 Å². The molecule has 1 N–H and O–H groups in total. The van der Waals surface area contributed by atoms with Crippen LogP contribution in [0.3, 0.4) is 0 Å². The molecule has 0 atom stereocenters. The molecule has 0 bridgehead atoms. The van der Waals surface area contributed by atoms with Gasteiger partial charge < -0.3 is 5.32 Å². The van der Waals surface area contributed by atoms with E-state index in [1.165, 1.54) is 6.08 Å². The molecule has 134 valence electrons. The van der Waals surface area contributed by atoms with Gasteiger partial charge in [-0.25, -0.2) is 4.68 Å². The van der Waals surface area contributed by atoms with Gasteiger partial charge in [0.25, 0.3) is 0 Å². The van der Waals surface area contributed by atoms with Gasteiger partial charge >= 0.3 is 0 Å². The van der Waals surface area contributed by atoms with Crippen LogP contribution in [0.1, 0.15) is 11.4 Å². The maximum atomic E-state index is 12.0. The van der Waals surface area contributed by atoms with E-state index in [4.69, 9.17) is 0 Å². The molecule has 0 aliphatic rings. The van der Waals surface area contributed by atoms with Gasteiger partial charge in [-0.1, -0.05) is 24.3 Å². The van der Waals surface area contributed by atoms with Crippen molar-refractivity contribution in [1.82, 2.24) is 29.7 Å². The maximum Gasteiger partial charge on any atom is 0.244 e. The minimum atomic E-state index is -0.156. The molecule has 0 unspecified atom stereocenters. The Bertz CT molecular complexity index is 1080. The van der Waals surface area contributed by atoms with Crippen molar-refractivity contribution in [2.45, 2.75) is 6.42 Å². The number of nitrogens with one attached hydrogen (secondary N) is 1. The van der Waals surface area contributed by atoms with Crippen LogP contribution in [-0.4, -0.2) is 36.8 Å². The van der Waals surface area contributed by atoms with Crippen molar-refractivity contribution in [2.75, 3.05) is 6.54 Å². The van der Waals surface area contributed by atoms with Gasteiger partial charge in [0.2, 0.25) is 5.91 Å². The summed E-state index contributed by atoms with van der Waals surface area (Å²) in [7, 11) is 0. The minimum absolute atomic E-state index is 0.156. The van der Waals surface area contributed by atoms with Crippen LogP contribution in [-0.2, 0) is 11.2 Å². The van der Waals surface area contributed by atoms with E-state index < -0.39 is 0 Å². The van der Waals surface area contributed by atoms with E-state index >= 15 is 0 Å². The average Bonchev–Trinajstić information content (AvgIpc) is 3.35. The Labute approximate surface area is 156 Å². The van der Waals surface area contributed by atoms with E-state index in [0.29, 0.717) is 13.0 Å². The summed E-state index contributed by atoms with van der Waals surface area (Å²) in [6, 6.07) is 15.6. The Balaban J connectivity index is 1.31. The van der Waals surface area contributed by atoms with Gasteiger partial charge in [0.1, 0.15) is 5.82 Å². The zero-order valence-corrected chi connectivity index (χ0v) is 14.6. The van der Waals surface area contributed by atoms with Crippen LogP contribution in [0.25, 0.3) is 17.4 Å². The first kappa shape index (κ1) is 16.7. The van der Waals surface area contributed by atoms with Crippen LogP contribution in [0.2, 0.25) is 0 Å². The second kappa shape index (κ2) is 7.65. The molecule has 3 heterocycles. The highest BCUT2D eigenvalue weighted by molar-refractivity contribution is 5.91. The zero-order chi connectivity index (χ0) is 18.5. The highest BCUT2D eigenvalue weighted by atomic mass is 16.1. The number of benzene rings is 1. The van der Waals surface area contributed by atoms with Gasteiger partial charge in [0, 0.05) is 37.0 Å². The minimum Gasteiger partial charge on any atom is -0.352 e. The third kappa shape index (κ3) is 3.92. The standard InChI is InChI=1S/C20H18N6O/c27-20(21-12-11-19-24-23-18-8-4-5-13-25(18)19)10-9-16-14-22-26(15-16)17-6-2-1-3-7-17/h1-10,13-15H,11-12H2,(H,21,27)/b10-9+. The quantitative estimate of drug-likeness (QED) is 0.537. The van der Waals surface area contributed by atoms with Crippen LogP contribution in [0.5, 0.6) is 0 Å². The number of rotatable bonds is 6. The highest BCUT2D eigenvalue weighted by Crippen LogP contribution is 2.08. The molecule has 0 aliphatic carbocycles. The first-order chi connectivity index (χ1) is 13.3. The first-order valence-electron chi connectivity index (χ1n) is 8.64. The summed E-state index contributed by atoms with van der Waals surface area (Å²) in [6.07, 6.45) is 9.37. The van der Waals surface area contributed by atoms with Crippen molar-refractivity contribution in [3.63, 3.8) is 0 Å². The Morgan fingerprint density at radius 3 is 2.81 bits per heavy atom. The van der Waals surface area contributed by atoms with Gasteiger partial charge in [0.15, 0.2) is 5.65 Å². The van der Waals surface area contributed by atoms with Crippen LogP contribution < -0.4 is 5.32 Å². The van der Waals surface area contributed by atoms with E-state index in [1.54, 1.807) is 17.0 Å². The van der Waals surface area contributed by atoms with Gasteiger partial charge in [-0.05, 0) is 30.3 Å². The normalized spacial score (nSPS) is 11.3. The number of amides is 1. The molecule has 0 fully saturated rings. The molecule has 1 amide bonds. The fourth-order valence-electron chi connectivity index (χ4n) is 2.73. The number of carbonyl (C=O) groups excluding carboxylic acids is 1. The van der Waals surface area contributed by atoms with Gasteiger partial charge in [0.05, 0.1) is 11.9 Å². The van der Waals surface area contributed by atoms with Crippen molar-refractivity contribution < 1.29 is 4.79 Å². The maximum absolute atomic E-state index is 12.0. The van der Waals surface area contributed by atoms with Crippen LogP contribution >= 0.6 is 0 Å². The lowest BCUT2D eigenvalue weighted by atomic mass is 10.3. The zero-order valence-electron chi connectivity index (χ0n) is 14.6. The van der Waals surface area contributed by atoms with E-state index in [1.807, 2.05) is 65.3 Å². The third-order valence-corrected chi connectivity index (χ3v) is 4.08. The predicted molar refractivity (Wildman–Crippen MR) is 102 cm³/mol. The third-order valence-electron chi connectivity index (χ3n) is 4.08. The molecular weight excluding hydrogens is 340 g/mol. The number of carbonyl (C=O) groups is 1. The molecule has 0 saturated carbocycles. The molecule has 4 rings (SSSR count). The van der Waals surface area contributed by atoms with Gasteiger partial charge in [-0.15, -0.1) is 10.2 Å². The smallest absolute Gasteiger partial charge is 0.244 e. The Morgan fingerprint density at radius 2 is 1.93 bits per heavy atom. The van der Waals surface area contributed by atoms with E-state index in [9.17, 15) is 4.79 Å². The molecule has 3 aromatic heterocycles. The molecule has 7 nitrogen and oxygen atoms in total. The average molecular weight is 358 g/mol. The number of pyridine rings is 1. The SMILES string of the molecule is O=C(/C=C/c1cnn(-c2ccccc2)c1)NCCc1nnc2ccccn12. The number of nitrogens with zero attached hydrogens (tertiary/aromatic N) is 5. The lowest BCUT2D eigenvalue weighted by molar-refractivity contribution is -0.116. The lowest BCUT2D eigenvalue weighted by Crippen LogP contribution is -2.24. The largest absolute Gasteiger partial charge is 0.352 e. The Hall–Kier alpha value is -3.74. The Morgan fingerprint density at radius 1 is 1.07 bits per heavy atom. The van der Waals surface area contributed by atoms with Crippen LogP contribution in [0.15, 0.2) is 73.2 Å². The summed E-state index contributed by atoms with van der Waals surface area (Å²) in [5.74, 6) is 0.662. The van der Waals surface area contributed by atoms with Crippen LogP contribution in [0, 0.1) is 0 Å². The monoisotopic (exact) mass is 358 g/mol. The summed E-state index contributed by atoms with van der Waals surface area (Å²) in [4.78, 5) is 12.0. The molecule has 4 aromatic rings. The molecule has 7 heteroatoms. The molecule has 27 heavy (non-hydrogen) atoms. The number of para-hydroxylation sites is 1. The molecular formula is C20H18N6O. The molecule has 0 radical (unpaired) electrons. The first-order valence-corrected chi connectivity index (χ1v) is 8.64. The highest BCUT2D eigenvalue weighted by Gasteiger charge is 2.05. The van der Waals surface area contributed by atoms with E-state index in [0.717, 1.165) is 22.7 Å². The van der Waals surface area contributed by atoms with Crippen LogP contribution in [0.4, 0.5) is 0 Å². The number of hydrogen-bond donors (Lipinski definition) is 1. The topological polar surface area (TPSA) is 77.1 Å². The van der Waals surface area contributed by atoms with Gasteiger partial charge in [-0.2, -0.15) is 5.10 Å². The second-order valence-corrected chi connectivity index (χ2v) is 5.97. The Kier molecular flexibility index (Phi) is 4.74. The predicted octanol–water partition coefficient (Wildman–Crippen LogP) is 2.29. The fraction of sp³-hybridized carbons (Fsp3) is 0.100. The number of fused-ring (bicyclic) bond motifs is 1. The molecule has 1 aromatic carbocycles. The van der Waals surface area contributed by atoms with E-state index in [-0.39, 0.29) is 5.91 Å². The number of aromatic nitrogens is 5. The van der Waals surface area contributed by atoms with Crippen molar-refractivity contribution in [3.05, 3.63) is 84.6 Å². The summed E-state index contributed by atoms with van der Waals surface area (Å²) < 4.78 is 3.69. The molecule has 0 saturated heterocycles. The summed E-state index contributed by atoms with van der Waals surface area (Å²) in [5, 5.41) is 15.4. The van der Waals surface area contributed by atoms with E-state index in [2.05, 4.69) is 20.6 Å². The summed E-state index contributed by atoms with van der Waals surface area (Å²) in [6.45, 7) is 0.488. The van der Waals surface area contributed by atoms with Crippen molar-refractivity contribution in [2.24, 2.45) is 0 Å². The van der Waals surface area contributed by atoms with Crippen molar-refractivity contribution in [1.29, 1.82) is 0 Å².